The molecule has 1 atom stereocenters. The Bertz CT molecular complexity index is 717. The molecule has 1 fully saturated rings. The molecule has 0 radical (unpaired) electrons. The minimum atomic E-state index is 0. The Morgan fingerprint density at radius 1 is 0.667 bits per heavy atom. The van der Waals surface area contributed by atoms with Crippen molar-refractivity contribution in [1.29, 1.82) is 0 Å². The van der Waals surface area contributed by atoms with Crippen LogP contribution in [-0.4, -0.2) is 19.8 Å². The second-order valence-electron chi connectivity index (χ2n) is 9.99. The standard InChI is InChI=1S/C27H40N2.BrH/c1-18(2)22-11-9-12-23(19(3)4)26(22)28-15-16-29(17-28)27-24(20(5)6)13-10-14-25(27)21(7)8;/h9-14,18-21H,15-17H2,1-8H3;1H. The van der Waals surface area contributed by atoms with Gasteiger partial charge in [-0.15, -0.1) is 0 Å². The van der Waals surface area contributed by atoms with Crippen LogP contribution < -0.4 is 26.8 Å². The van der Waals surface area contributed by atoms with Crippen molar-refractivity contribution in [2.45, 2.75) is 79.1 Å². The highest BCUT2D eigenvalue weighted by Gasteiger charge is 2.33. The number of hydrogen-bond acceptors (Lipinski definition) is 1. The molecule has 3 heteroatoms. The van der Waals surface area contributed by atoms with Gasteiger partial charge in [0.25, 0.3) is 0 Å². The molecule has 2 aromatic carbocycles. The van der Waals surface area contributed by atoms with Crippen molar-refractivity contribution in [2.75, 3.05) is 24.7 Å². The van der Waals surface area contributed by atoms with Gasteiger partial charge < -0.3 is 21.9 Å². The maximum absolute atomic E-state index is 2.67. The molecule has 0 spiro atoms. The van der Waals surface area contributed by atoms with E-state index in [0.717, 1.165) is 13.2 Å². The van der Waals surface area contributed by atoms with Crippen molar-refractivity contribution in [1.82, 2.24) is 0 Å². The molecule has 0 amide bonds. The van der Waals surface area contributed by atoms with Gasteiger partial charge in [0.05, 0.1) is 6.54 Å². The first-order valence-corrected chi connectivity index (χ1v) is 11.6. The van der Waals surface area contributed by atoms with E-state index in [2.05, 4.69) is 96.7 Å². The topological polar surface area (TPSA) is 7.68 Å². The van der Waals surface area contributed by atoms with Crippen LogP contribution in [0.15, 0.2) is 36.4 Å². The van der Waals surface area contributed by atoms with Gasteiger partial charge in [-0.3, -0.25) is 4.90 Å². The van der Waals surface area contributed by atoms with E-state index in [9.17, 15) is 0 Å². The van der Waals surface area contributed by atoms with Crippen molar-refractivity contribution in [2.24, 2.45) is 0 Å². The van der Waals surface area contributed by atoms with Gasteiger partial charge in [-0.1, -0.05) is 91.8 Å². The monoisotopic (exact) mass is 472 g/mol. The van der Waals surface area contributed by atoms with E-state index < -0.39 is 0 Å². The Balaban J connectivity index is 0.00000320. The summed E-state index contributed by atoms with van der Waals surface area (Å²) >= 11 is 0. The fourth-order valence-corrected chi connectivity index (χ4v) is 4.89. The zero-order chi connectivity index (χ0) is 21.3. The summed E-state index contributed by atoms with van der Waals surface area (Å²) in [6.07, 6.45) is 0. The predicted molar refractivity (Wildman–Crippen MR) is 127 cm³/mol. The third kappa shape index (κ3) is 4.94. The first-order valence-electron chi connectivity index (χ1n) is 11.6. The van der Waals surface area contributed by atoms with E-state index in [1.807, 2.05) is 0 Å². The van der Waals surface area contributed by atoms with Crippen molar-refractivity contribution < 1.29 is 21.9 Å². The average Bonchev–Trinajstić information content (AvgIpc) is 3.15. The Hall–Kier alpha value is -1.32. The minimum Gasteiger partial charge on any atom is -1.00 e. The lowest BCUT2D eigenvalue weighted by Gasteiger charge is -2.28. The van der Waals surface area contributed by atoms with Crippen LogP contribution in [0.4, 0.5) is 11.4 Å². The van der Waals surface area contributed by atoms with Crippen LogP contribution >= 0.6 is 0 Å². The number of hydrogen-bond donors (Lipinski definition) is 1. The van der Waals surface area contributed by atoms with Gasteiger partial charge in [0.1, 0.15) is 12.2 Å². The molecule has 3 rings (SSSR count). The lowest BCUT2D eigenvalue weighted by Crippen LogP contribution is -3.06. The number of nitrogens with one attached hydrogen (secondary N) is 1. The van der Waals surface area contributed by atoms with Gasteiger partial charge in [-0.2, -0.15) is 0 Å². The molecule has 1 heterocycles. The van der Waals surface area contributed by atoms with Crippen LogP contribution in [0.3, 0.4) is 0 Å². The second-order valence-corrected chi connectivity index (χ2v) is 9.99. The molecule has 2 aromatic rings. The Morgan fingerprint density at radius 3 is 1.47 bits per heavy atom. The van der Waals surface area contributed by atoms with Gasteiger partial charge >= 0.3 is 0 Å². The first-order chi connectivity index (χ1) is 13.7. The van der Waals surface area contributed by atoms with Crippen LogP contribution in [-0.2, 0) is 0 Å². The molecule has 0 aromatic heterocycles. The molecular formula is C27H41BrN2. The van der Waals surface area contributed by atoms with Crippen LogP contribution in [0.1, 0.15) is 101 Å². The maximum atomic E-state index is 2.67. The van der Waals surface area contributed by atoms with Crippen LogP contribution in [0.25, 0.3) is 0 Å². The highest BCUT2D eigenvalue weighted by molar-refractivity contribution is 5.62. The van der Waals surface area contributed by atoms with E-state index in [1.165, 1.54) is 34.5 Å². The first kappa shape index (κ1) is 24.9. The molecule has 1 N–H and O–H groups in total. The van der Waals surface area contributed by atoms with Crippen LogP contribution in [0.2, 0.25) is 0 Å². The maximum Gasteiger partial charge on any atom is 0.157 e. The number of anilines is 1. The highest BCUT2D eigenvalue weighted by Crippen LogP contribution is 2.36. The fraction of sp³-hybridized carbons (Fsp3) is 0.556. The molecule has 0 bridgehead atoms. The van der Waals surface area contributed by atoms with Gasteiger partial charge in [0.15, 0.2) is 6.67 Å². The molecule has 166 valence electrons. The SMILES string of the molecule is CC(C)c1cccc(C(C)C)c1N1CC[NH+](c2c(C(C)C)cccc2C(C)C)C1.[Br-]. The predicted octanol–water partition coefficient (Wildman–Crippen LogP) is 3.18. The second kappa shape index (κ2) is 10.3. The van der Waals surface area contributed by atoms with Gasteiger partial charge in [-0.05, 0) is 34.8 Å². The Kier molecular flexibility index (Phi) is 8.59. The molecular weight excluding hydrogens is 432 g/mol. The lowest BCUT2D eigenvalue weighted by molar-refractivity contribution is -0.817. The number of benzene rings is 2. The summed E-state index contributed by atoms with van der Waals surface area (Å²) in [4.78, 5) is 4.30. The summed E-state index contributed by atoms with van der Waals surface area (Å²) in [5.74, 6) is 2.20. The minimum absolute atomic E-state index is 0. The van der Waals surface area contributed by atoms with Gasteiger partial charge in [0, 0.05) is 16.8 Å². The molecule has 1 aliphatic rings. The van der Waals surface area contributed by atoms with Crippen LogP contribution in [0.5, 0.6) is 0 Å². The van der Waals surface area contributed by atoms with Crippen molar-refractivity contribution in [3.63, 3.8) is 0 Å². The van der Waals surface area contributed by atoms with Gasteiger partial charge in [-0.25, -0.2) is 0 Å². The number of quaternary nitrogens is 1. The molecule has 1 unspecified atom stereocenters. The summed E-state index contributed by atoms with van der Waals surface area (Å²) in [6.45, 7) is 22.0. The molecule has 30 heavy (non-hydrogen) atoms. The summed E-state index contributed by atoms with van der Waals surface area (Å²) in [5.41, 5.74) is 9.11. The third-order valence-electron chi connectivity index (χ3n) is 6.45. The number of para-hydroxylation sites is 2. The van der Waals surface area contributed by atoms with E-state index in [0.29, 0.717) is 23.7 Å². The Labute approximate surface area is 195 Å². The molecule has 0 saturated carbocycles. The van der Waals surface area contributed by atoms with Crippen molar-refractivity contribution >= 4 is 11.4 Å². The summed E-state index contributed by atoms with van der Waals surface area (Å²) in [5, 5.41) is 0. The Morgan fingerprint density at radius 2 is 1.07 bits per heavy atom. The van der Waals surface area contributed by atoms with E-state index in [1.54, 1.807) is 10.6 Å². The van der Waals surface area contributed by atoms with Crippen LogP contribution in [0, 0.1) is 0 Å². The van der Waals surface area contributed by atoms with Crippen molar-refractivity contribution in [3.8, 4) is 0 Å². The average molecular weight is 474 g/mol. The third-order valence-corrected chi connectivity index (χ3v) is 6.45. The van der Waals surface area contributed by atoms with E-state index >= 15 is 0 Å². The molecule has 0 aliphatic carbocycles. The van der Waals surface area contributed by atoms with E-state index in [-0.39, 0.29) is 17.0 Å². The molecule has 2 nitrogen and oxygen atoms in total. The number of nitrogens with zero attached hydrogens (tertiary/aromatic N) is 1. The van der Waals surface area contributed by atoms with E-state index in [4.69, 9.17) is 0 Å². The summed E-state index contributed by atoms with van der Waals surface area (Å²) in [7, 11) is 0. The lowest BCUT2D eigenvalue weighted by atomic mass is 9.92. The molecule has 1 aliphatic heterocycles. The zero-order valence-corrected chi connectivity index (χ0v) is 21.8. The highest BCUT2D eigenvalue weighted by atomic mass is 79.9. The van der Waals surface area contributed by atoms with Crippen molar-refractivity contribution in [3.05, 3.63) is 58.7 Å². The largest absolute Gasteiger partial charge is 1.00 e. The normalized spacial score (nSPS) is 16.8. The fourth-order valence-electron chi connectivity index (χ4n) is 4.89. The zero-order valence-electron chi connectivity index (χ0n) is 20.2. The van der Waals surface area contributed by atoms with Gasteiger partial charge in [0.2, 0.25) is 0 Å². The number of rotatable bonds is 6. The molecule has 1 saturated heterocycles. The smallest absolute Gasteiger partial charge is 0.157 e. The summed E-state index contributed by atoms with van der Waals surface area (Å²) < 4.78 is 0. The quantitative estimate of drug-likeness (QED) is 0.678. The number of halogens is 1. The summed E-state index contributed by atoms with van der Waals surface area (Å²) in [6, 6.07) is 13.9.